The molecule has 6 nitrogen and oxygen atoms in total. The summed E-state index contributed by atoms with van der Waals surface area (Å²) in [4.78, 5) is 18.1. The second-order valence-corrected chi connectivity index (χ2v) is 8.80. The number of allylic oxidation sites excluding steroid dienone is 2. The molecule has 2 aliphatic rings. The number of amides is 1. The van der Waals surface area contributed by atoms with Crippen molar-refractivity contribution in [2.75, 3.05) is 18.8 Å². The molecular formula is C25H26FN5O. The number of likely N-dealkylation sites (tertiary alicyclic amines) is 1. The van der Waals surface area contributed by atoms with Crippen LogP contribution in [0.1, 0.15) is 37.8 Å². The topological polar surface area (TPSA) is 76.5 Å². The number of halogens is 1. The van der Waals surface area contributed by atoms with Crippen LogP contribution in [0.4, 0.5) is 10.2 Å². The van der Waals surface area contributed by atoms with Gasteiger partial charge in [-0.15, -0.1) is 0 Å². The number of anilines is 1. The quantitative estimate of drug-likeness (QED) is 0.621. The molecule has 1 aromatic carbocycles. The van der Waals surface area contributed by atoms with Crippen LogP contribution in [0.2, 0.25) is 0 Å². The molecule has 1 aliphatic heterocycles. The number of rotatable bonds is 3. The number of carbonyl (C=O) groups excluding carboxylic acids is 1. The number of nitrogen functional groups attached to an aromatic ring is 1. The second-order valence-electron chi connectivity index (χ2n) is 8.80. The Hall–Kier alpha value is -3.48. The summed E-state index contributed by atoms with van der Waals surface area (Å²) >= 11 is 0. The molecule has 32 heavy (non-hydrogen) atoms. The van der Waals surface area contributed by atoms with E-state index in [1.807, 2.05) is 4.90 Å². The zero-order chi connectivity index (χ0) is 22.3. The van der Waals surface area contributed by atoms with Crippen LogP contribution in [0.15, 0.2) is 55.4 Å². The van der Waals surface area contributed by atoms with E-state index in [1.54, 1.807) is 29.0 Å². The molecule has 1 saturated heterocycles. The molecule has 0 radical (unpaired) electrons. The summed E-state index contributed by atoms with van der Waals surface area (Å²) in [5.74, 6) is 0.141. The lowest BCUT2D eigenvalue weighted by molar-refractivity contribution is -0.128. The zero-order valence-corrected chi connectivity index (χ0v) is 17.9. The lowest BCUT2D eigenvalue weighted by Crippen LogP contribution is -2.43. The number of nitrogens with two attached hydrogens (primary N) is 1. The molecule has 2 N–H and O–H groups in total. The van der Waals surface area contributed by atoms with Crippen LogP contribution >= 0.6 is 0 Å². The minimum Gasteiger partial charge on any atom is -0.382 e. The maximum atomic E-state index is 13.6. The number of carbonyl (C=O) groups is 1. The first-order chi connectivity index (χ1) is 15.5. The second kappa shape index (κ2) is 7.89. The van der Waals surface area contributed by atoms with Gasteiger partial charge < -0.3 is 10.6 Å². The maximum absolute atomic E-state index is 13.6. The van der Waals surface area contributed by atoms with E-state index in [4.69, 9.17) is 10.8 Å². The summed E-state index contributed by atoms with van der Waals surface area (Å²) in [7, 11) is 0. The minimum absolute atomic E-state index is 0.0201. The molecule has 3 heterocycles. The van der Waals surface area contributed by atoms with Crippen LogP contribution in [0.25, 0.3) is 22.2 Å². The van der Waals surface area contributed by atoms with Gasteiger partial charge in [-0.05, 0) is 66.9 Å². The van der Waals surface area contributed by atoms with Gasteiger partial charge in [-0.3, -0.25) is 4.79 Å². The van der Waals surface area contributed by atoms with Gasteiger partial charge in [0.25, 0.3) is 0 Å². The third kappa shape index (κ3) is 3.47. The van der Waals surface area contributed by atoms with Gasteiger partial charge in [-0.2, -0.15) is 5.10 Å². The highest BCUT2D eigenvalue weighted by molar-refractivity contribution is 5.94. The van der Waals surface area contributed by atoms with E-state index in [0.29, 0.717) is 5.82 Å². The summed E-state index contributed by atoms with van der Waals surface area (Å²) in [5, 5.41) is 4.85. The van der Waals surface area contributed by atoms with Crippen molar-refractivity contribution in [3.8, 4) is 11.1 Å². The summed E-state index contributed by atoms with van der Waals surface area (Å²) in [6, 6.07) is 6.44. The van der Waals surface area contributed by atoms with Crippen molar-refractivity contribution in [1.82, 2.24) is 19.5 Å². The van der Waals surface area contributed by atoms with E-state index in [1.165, 1.54) is 23.8 Å². The molecule has 164 valence electrons. The zero-order valence-electron chi connectivity index (χ0n) is 17.9. The fraction of sp³-hybridized carbons (Fsp3) is 0.320. The molecule has 0 bridgehead atoms. The lowest BCUT2D eigenvalue weighted by Gasteiger charge is -2.43. The Labute approximate surface area is 186 Å². The van der Waals surface area contributed by atoms with E-state index >= 15 is 0 Å². The van der Waals surface area contributed by atoms with E-state index in [0.717, 1.165) is 67.5 Å². The van der Waals surface area contributed by atoms with Crippen LogP contribution in [0, 0.1) is 11.2 Å². The lowest BCUT2D eigenvalue weighted by atomic mass is 9.68. The first-order valence-electron chi connectivity index (χ1n) is 11.0. The molecule has 1 amide bonds. The Morgan fingerprint density at radius 3 is 2.59 bits per heavy atom. The maximum Gasteiger partial charge on any atom is 0.245 e. The van der Waals surface area contributed by atoms with Gasteiger partial charge in [0.2, 0.25) is 5.91 Å². The van der Waals surface area contributed by atoms with Gasteiger partial charge in [0.05, 0.1) is 5.69 Å². The number of nitrogens with zero attached hydrogens (tertiary/aromatic N) is 4. The number of piperidine rings is 1. The van der Waals surface area contributed by atoms with E-state index in [-0.39, 0.29) is 17.1 Å². The molecule has 1 aliphatic carbocycles. The van der Waals surface area contributed by atoms with Gasteiger partial charge in [-0.1, -0.05) is 24.8 Å². The van der Waals surface area contributed by atoms with Gasteiger partial charge >= 0.3 is 0 Å². The summed E-state index contributed by atoms with van der Waals surface area (Å²) in [5.41, 5.74) is 11.0. The van der Waals surface area contributed by atoms with Gasteiger partial charge in [0.1, 0.15) is 17.2 Å². The number of fused-ring (bicyclic) bond motifs is 1. The van der Waals surface area contributed by atoms with Crippen LogP contribution in [-0.2, 0) is 4.79 Å². The monoisotopic (exact) mass is 431 g/mol. The molecule has 2 aromatic heterocycles. The molecule has 1 spiro atoms. The Morgan fingerprint density at radius 1 is 1.19 bits per heavy atom. The first-order valence-corrected chi connectivity index (χ1v) is 11.0. The smallest absolute Gasteiger partial charge is 0.245 e. The van der Waals surface area contributed by atoms with Gasteiger partial charge in [0, 0.05) is 31.0 Å². The third-order valence-electron chi connectivity index (χ3n) is 7.03. The minimum atomic E-state index is -0.280. The highest BCUT2D eigenvalue weighted by Gasteiger charge is 2.37. The highest BCUT2D eigenvalue weighted by atomic mass is 19.1. The molecule has 3 aromatic rings. The number of hydrogen-bond acceptors (Lipinski definition) is 4. The van der Waals surface area contributed by atoms with Crippen molar-refractivity contribution in [3.63, 3.8) is 0 Å². The standard InChI is InChI=1S/C25H26FN5O/c1-2-20(32)30-14-11-25(12-15-30)9-7-18(8-10-25)22-21(17-3-5-19(26)6-4-17)23-24(27)28-13-16-31(23)29-22/h2-7,13,16H,1,8-12,14-15H2,(H2,27,28). The normalized spacial score (nSPS) is 18.0. The fourth-order valence-electron chi connectivity index (χ4n) is 5.08. The predicted octanol–water partition coefficient (Wildman–Crippen LogP) is 4.48. The van der Waals surface area contributed by atoms with Crippen LogP contribution in [-0.4, -0.2) is 38.5 Å². The largest absolute Gasteiger partial charge is 0.382 e. The molecule has 0 atom stereocenters. The number of hydrogen-bond donors (Lipinski definition) is 1. The average Bonchev–Trinajstić information content (AvgIpc) is 3.21. The molecule has 0 saturated carbocycles. The predicted molar refractivity (Wildman–Crippen MR) is 123 cm³/mol. The summed E-state index contributed by atoms with van der Waals surface area (Å²) in [6.45, 7) is 5.17. The molecule has 1 fully saturated rings. The SMILES string of the molecule is C=CC(=O)N1CCC2(CC=C(c3nn4ccnc(N)c4c3-c3ccc(F)cc3)CC2)CC1. The summed E-state index contributed by atoms with van der Waals surface area (Å²) < 4.78 is 15.3. The van der Waals surface area contributed by atoms with Crippen molar-refractivity contribution in [2.45, 2.75) is 32.1 Å². The summed E-state index contributed by atoms with van der Waals surface area (Å²) in [6.07, 6.45) is 12.1. The Balaban J connectivity index is 1.49. The molecule has 0 unspecified atom stereocenters. The van der Waals surface area contributed by atoms with E-state index in [9.17, 15) is 9.18 Å². The Kier molecular flexibility index (Phi) is 5.04. The number of aromatic nitrogens is 3. The van der Waals surface area contributed by atoms with Crippen molar-refractivity contribution >= 4 is 22.8 Å². The molecule has 7 heteroatoms. The Bertz CT molecular complexity index is 1220. The third-order valence-corrected chi connectivity index (χ3v) is 7.03. The van der Waals surface area contributed by atoms with Crippen LogP contribution < -0.4 is 5.73 Å². The van der Waals surface area contributed by atoms with E-state index in [2.05, 4.69) is 17.6 Å². The average molecular weight is 432 g/mol. The highest BCUT2D eigenvalue weighted by Crippen LogP contribution is 2.47. The van der Waals surface area contributed by atoms with Gasteiger partial charge in [-0.25, -0.2) is 13.9 Å². The van der Waals surface area contributed by atoms with Crippen LogP contribution in [0.3, 0.4) is 0 Å². The van der Waals surface area contributed by atoms with Crippen LogP contribution in [0.5, 0.6) is 0 Å². The number of benzene rings is 1. The van der Waals surface area contributed by atoms with Gasteiger partial charge in [0.15, 0.2) is 0 Å². The Morgan fingerprint density at radius 2 is 1.94 bits per heavy atom. The van der Waals surface area contributed by atoms with Crippen molar-refractivity contribution in [2.24, 2.45) is 5.41 Å². The van der Waals surface area contributed by atoms with Crippen molar-refractivity contribution in [3.05, 3.63) is 66.9 Å². The molecule has 5 rings (SSSR count). The van der Waals surface area contributed by atoms with E-state index < -0.39 is 0 Å². The van der Waals surface area contributed by atoms with Crippen molar-refractivity contribution in [1.29, 1.82) is 0 Å². The fourth-order valence-corrected chi connectivity index (χ4v) is 5.08. The molecular weight excluding hydrogens is 405 g/mol. The first kappa shape index (κ1) is 20.4. The van der Waals surface area contributed by atoms with Crippen molar-refractivity contribution < 1.29 is 9.18 Å².